The van der Waals surface area contributed by atoms with Gasteiger partial charge in [0.2, 0.25) is 0 Å². The van der Waals surface area contributed by atoms with Gasteiger partial charge in [-0.15, -0.1) is 0 Å². The lowest BCUT2D eigenvalue weighted by atomic mass is 9.73. The van der Waals surface area contributed by atoms with E-state index >= 15 is 0 Å². The number of allylic oxidation sites excluding steroid dienone is 1. The Morgan fingerprint density at radius 2 is 1.71 bits per heavy atom. The minimum atomic E-state index is -1.42. The van der Waals surface area contributed by atoms with E-state index in [0.29, 0.717) is 6.42 Å². The first-order valence-electron chi connectivity index (χ1n) is 19.5. The number of esters is 1. The van der Waals surface area contributed by atoms with Crippen molar-refractivity contribution in [1.29, 1.82) is 0 Å². The van der Waals surface area contributed by atoms with Gasteiger partial charge in [-0.25, -0.2) is 4.79 Å². The fourth-order valence-corrected chi connectivity index (χ4v) is 8.91. The van der Waals surface area contributed by atoms with Gasteiger partial charge in [0.15, 0.2) is 17.7 Å². The Morgan fingerprint density at radius 3 is 2.38 bits per heavy atom. The summed E-state index contributed by atoms with van der Waals surface area (Å²) >= 11 is 0. The van der Waals surface area contributed by atoms with E-state index in [-0.39, 0.29) is 30.8 Å². The molecule has 1 aromatic heterocycles. The first-order chi connectivity index (χ1) is 26.0. The lowest BCUT2D eigenvalue weighted by molar-refractivity contribution is -0.281. The molecule has 2 N–H and O–H groups in total. The predicted molar refractivity (Wildman–Crippen MR) is 206 cm³/mol. The number of cyclic esters (lactones) is 1. The maximum Gasteiger partial charge on any atom is 0.408 e. The maximum absolute atomic E-state index is 14.9. The monoisotopic (exact) mass is 765 g/mol. The summed E-state index contributed by atoms with van der Waals surface area (Å²) < 4.78 is 30.9. The highest BCUT2D eigenvalue weighted by Gasteiger charge is 2.57. The molecular formula is C42H59N3O10. The molecule has 13 nitrogen and oxygen atoms in total. The van der Waals surface area contributed by atoms with Gasteiger partial charge in [-0.1, -0.05) is 65.0 Å². The highest BCUT2D eigenvalue weighted by Crippen LogP contribution is 2.39. The van der Waals surface area contributed by atoms with Crippen LogP contribution in [0.1, 0.15) is 73.3 Å². The van der Waals surface area contributed by atoms with Gasteiger partial charge >= 0.3 is 12.1 Å². The minimum Gasteiger partial charge on any atom is -0.457 e. The van der Waals surface area contributed by atoms with Gasteiger partial charge in [0.05, 0.1) is 29.9 Å². The molecule has 3 aliphatic heterocycles. The third-order valence-corrected chi connectivity index (χ3v) is 12.1. The molecule has 0 bridgehead atoms. The van der Waals surface area contributed by atoms with Crippen molar-refractivity contribution in [3.8, 4) is 0 Å². The Bertz CT molecular complexity index is 1730. The zero-order valence-corrected chi connectivity index (χ0v) is 33.8. The van der Waals surface area contributed by atoms with E-state index in [2.05, 4.69) is 10.3 Å². The SMILES string of the molecule is CC[C@@H]1OC(=O)C(C/C=C/c2cnc3ccccc3c2)C(=O)[C@H](C)[C@@H](O[C@@H]2O[C@H](C)C[C@H](N(C)C)[C@H]2O)[C@H](C)[C@@H](OC)[C@@H](C)C(=O)[C@@H](C)C2NC(=O)O[C@@]21C. The van der Waals surface area contributed by atoms with Crippen LogP contribution in [0.2, 0.25) is 0 Å². The summed E-state index contributed by atoms with van der Waals surface area (Å²) in [5.74, 6) is -5.82. The zero-order valence-electron chi connectivity index (χ0n) is 33.8. The second kappa shape index (κ2) is 17.6. The minimum absolute atomic E-state index is 0.00810. The summed E-state index contributed by atoms with van der Waals surface area (Å²) in [6, 6.07) is 8.57. The predicted octanol–water partition coefficient (Wildman–Crippen LogP) is 4.97. The number of hydrogen-bond acceptors (Lipinski definition) is 12. The molecule has 0 radical (unpaired) electrons. The van der Waals surface area contributed by atoms with Crippen molar-refractivity contribution in [3.05, 3.63) is 48.2 Å². The molecule has 2 unspecified atom stereocenters. The van der Waals surface area contributed by atoms with E-state index in [9.17, 15) is 24.3 Å². The Hall–Kier alpha value is -3.75. The second-order valence-corrected chi connectivity index (χ2v) is 16.1. The molecule has 0 spiro atoms. The van der Waals surface area contributed by atoms with Crippen LogP contribution in [0, 0.1) is 29.6 Å². The van der Waals surface area contributed by atoms with Crippen molar-refractivity contribution in [1.82, 2.24) is 15.2 Å². The van der Waals surface area contributed by atoms with Crippen LogP contribution in [0.25, 0.3) is 17.0 Å². The molecule has 2 aromatic rings. The molecule has 1 amide bonds. The topological polar surface area (TPSA) is 163 Å². The number of alkyl carbamates (subject to hydrolysis) is 1. The third kappa shape index (κ3) is 8.81. The number of likely N-dealkylation sites (N-methyl/N-ethyl adjacent to an activating group) is 1. The number of fused-ring (bicyclic) bond motifs is 2. The zero-order chi connectivity index (χ0) is 40.4. The fourth-order valence-electron chi connectivity index (χ4n) is 8.91. The number of aliphatic hydroxyl groups is 1. The van der Waals surface area contributed by atoms with Crippen molar-refractivity contribution >= 4 is 40.6 Å². The highest BCUT2D eigenvalue weighted by atomic mass is 16.7. The van der Waals surface area contributed by atoms with Gasteiger partial charge < -0.3 is 39.0 Å². The lowest BCUT2D eigenvalue weighted by Crippen LogP contribution is -2.59. The van der Waals surface area contributed by atoms with E-state index in [0.717, 1.165) is 16.5 Å². The van der Waals surface area contributed by atoms with Gasteiger partial charge in [0, 0.05) is 48.4 Å². The average Bonchev–Trinajstić information content (AvgIpc) is 3.47. The maximum atomic E-state index is 14.9. The van der Waals surface area contributed by atoms with E-state index in [1.807, 2.05) is 69.3 Å². The van der Waals surface area contributed by atoms with Gasteiger partial charge in [-0.3, -0.25) is 19.4 Å². The van der Waals surface area contributed by atoms with Crippen LogP contribution in [0.15, 0.2) is 42.6 Å². The Balaban J connectivity index is 1.58. The average molecular weight is 766 g/mol. The summed E-state index contributed by atoms with van der Waals surface area (Å²) in [5.41, 5.74) is 0.216. The van der Waals surface area contributed by atoms with E-state index in [4.69, 9.17) is 23.7 Å². The van der Waals surface area contributed by atoms with E-state index < -0.39 is 89.8 Å². The highest BCUT2D eigenvalue weighted by molar-refractivity contribution is 6.00. The molecule has 3 fully saturated rings. The molecule has 302 valence electrons. The number of hydrogen-bond donors (Lipinski definition) is 2. The van der Waals surface area contributed by atoms with Crippen molar-refractivity contribution < 1.29 is 48.0 Å². The number of carbonyl (C=O) groups excluding carboxylic acids is 4. The number of nitrogens with one attached hydrogen (secondary N) is 1. The molecule has 0 aliphatic carbocycles. The Morgan fingerprint density at radius 1 is 1.02 bits per heavy atom. The summed E-state index contributed by atoms with van der Waals surface area (Å²) in [7, 11) is 5.25. The Labute approximate surface area is 324 Å². The molecule has 14 atom stereocenters. The van der Waals surface area contributed by atoms with Crippen LogP contribution in [-0.2, 0) is 38.1 Å². The second-order valence-electron chi connectivity index (χ2n) is 16.1. The van der Waals surface area contributed by atoms with Crippen LogP contribution in [0.4, 0.5) is 4.79 Å². The van der Waals surface area contributed by atoms with Gasteiger partial charge in [-0.05, 0) is 64.9 Å². The quantitative estimate of drug-likeness (QED) is 0.275. The van der Waals surface area contributed by atoms with Gasteiger partial charge in [0.25, 0.3) is 0 Å². The molecule has 5 rings (SSSR count). The van der Waals surface area contributed by atoms with Crippen molar-refractivity contribution in [2.24, 2.45) is 29.6 Å². The molecule has 3 saturated heterocycles. The number of aromatic nitrogens is 1. The third-order valence-electron chi connectivity index (χ3n) is 12.1. The number of aliphatic hydroxyl groups excluding tert-OH is 1. The normalized spacial score (nSPS) is 38.1. The van der Waals surface area contributed by atoms with Crippen molar-refractivity contribution in [3.63, 3.8) is 0 Å². The number of methoxy groups -OCH3 is 1. The Kier molecular flexibility index (Phi) is 13.6. The number of ether oxygens (including phenoxy) is 5. The molecule has 0 saturated carbocycles. The summed E-state index contributed by atoms with van der Waals surface area (Å²) in [6.45, 7) is 12.4. The van der Waals surface area contributed by atoms with Crippen molar-refractivity contribution in [2.75, 3.05) is 21.2 Å². The van der Waals surface area contributed by atoms with Crippen molar-refractivity contribution in [2.45, 2.75) is 122 Å². The first-order valence-corrected chi connectivity index (χ1v) is 19.5. The number of rotatable bonds is 8. The number of pyridine rings is 1. The standard InChI is InChI=1S/C42H59N3O10/c1-11-32-42(7)38(44-41(50)55-42)25(5)33(46)23(3)36(51-10)26(6)37(54-40-35(48)31(45(8)9)19-22(2)52-40)24(4)34(47)29(39(49)53-32)17-14-15-27-20-28-16-12-13-18-30(28)43-21-27/h12-16,18,20-26,29,31-32,35-38,40,48H,11,17,19H2,1-10H3,(H,44,50)/b15-14+/t22-,23+,24+,25-,26-,29?,31+,32+,35-,36+,37-,38?,40+,42-/m1/s1. The molecule has 1 aromatic carbocycles. The number of carbonyl (C=O) groups is 4. The molecule has 3 aliphatic rings. The van der Waals surface area contributed by atoms with Crippen LogP contribution in [0.5, 0.6) is 0 Å². The molecule has 13 heteroatoms. The number of amides is 1. The number of ketones is 2. The van der Waals surface area contributed by atoms with Gasteiger partial charge in [0.1, 0.15) is 23.9 Å². The number of benzene rings is 1. The molecule has 55 heavy (non-hydrogen) atoms. The summed E-state index contributed by atoms with van der Waals surface area (Å²) in [4.78, 5) is 62.9. The van der Waals surface area contributed by atoms with Crippen LogP contribution >= 0.6 is 0 Å². The van der Waals surface area contributed by atoms with Crippen LogP contribution in [-0.4, -0.2) is 114 Å². The molecule has 4 heterocycles. The largest absolute Gasteiger partial charge is 0.457 e. The summed E-state index contributed by atoms with van der Waals surface area (Å²) in [6.07, 6.45) is 0.218. The van der Waals surface area contributed by atoms with E-state index in [1.54, 1.807) is 46.9 Å². The van der Waals surface area contributed by atoms with Crippen LogP contribution in [0.3, 0.4) is 0 Å². The smallest absolute Gasteiger partial charge is 0.408 e. The van der Waals surface area contributed by atoms with Gasteiger partial charge in [-0.2, -0.15) is 0 Å². The number of Topliss-reactive ketones (excluding diaryl/α,β-unsaturated/α-hetero) is 2. The number of nitrogens with zero attached hydrogens (tertiary/aromatic N) is 2. The van der Waals surface area contributed by atoms with Crippen LogP contribution < -0.4 is 5.32 Å². The summed E-state index contributed by atoms with van der Waals surface area (Å²) in [5, 5.41) is 15.2. The van der Waals surface area contributed by atoms with E-state index in [1.165, 1.54) is 7.11 Å². The first kappa shape index (κ1) is 42.4. The lowest BCUT2D eigenvalue weighted by Gasteiger charge is -2.45. The number of para-hydroxylation sites is 1. The molecular weight excluding hydrogens is 706 g/mol. The fraction of sp³-hybridized carbons (Fsp3) is 0.643.